The Bertz CT molecular complexity index is 559. The van der Waals surface area contributed by atoms with Gasteiger partial charge in [-0.1, -0.05) is 0 Å². The average molecular weight is 304 g/mol. The molecular formula is C17H24N2O3. The van der Waals surface area contributed by atoms with Crippen molar-refractivity contribution in [3.63, 3.8) is 0 Å². The van der Waals surface area contributed by atoms with Gasteiger partial charge in [0.05, 0.1) is 11.5 Å². The number of ether oxygens (including phenoxy) is 1. The van der Waals surface area contributed by atoms with Gasteiger partial charge in [-0.2, -0.15) is 0 Å². The molecule has 120 valence electrons. The van der Waals surface area contributed by atoms with Crippen molar-refractivity contribution in [2.24, 2.45) is 5.92 Å². The number of nitro benzene ring substituents is 1. The number of rotatable bonds is 4. The standard InChI is InChI=1S/C17H24N2O3/c1-18-8-4-5-13(11-18)12-22-17-10-15-7-3-2-6-14(15)9-16(17)19(20)21/h9-10,13H,2-8,11-12H2,1H3. The summed E-state index contributed by atoms with van der Waals surface area (Å²) in [7, 11) is 2.12. The summed E-state index contributed by atoms with van der Waals surface area (Å²) in [6.07, 6.45) is 6.57. The summed E-state index contributed by atoms with van der Waals surface area (Å²) in [6.45, 7) is 2.72. The molecule has 5 nitrogen and oxygen atoms in total. The van der Waals surface area contributed by atoms with E-state index in [2.05, 4.69) is 11.9 Å². The van der Waals surface area contributed by atoms with E-state index in [-0.39, 0.29) is 10.6 Å². The van der Waals surface area contributed by atoms with E-state index in [0.717, 1.165) is 50.8 Å². The maximum atomic E-state index is 11.3. The molecule has 0 amide bonds. The molecule has 1 fully saturated rings. The van der Waals surface area contributed by atoms with Gasteiger partial charge in [0.25, 0.3) is 0 Å². The lowest BCUT2D eigenvalue weighted by atomic mass is 9.91. The van der Waals surface area contributed by atoms with Crippen LogP contribution in [0.1, 0.15) is 36.8 Å². The summed E-state index contributed by atoms with van der Waals surface area (Å²) in [6, 6.07) is 3.65. The molecule has 0 bridgehead atoms. The van der Waals surface area contributed by atoms with Gasteiger partial charge in [0, 0.05) is 18.5 Å². The SMILES string of the molecule is CN1CCCC(COc2cc3c(cc2[N+](=O)[O-])CCCC3)C1. The molecule has 0 spiro atoms. The Labute approximate surface area is 131 Å². The van der Waals surface area contributed by atoms with E-state index in [1.165, 1.54) is 12.0 Å². The lowest BCUT2D eigenvalue weighted by molar-refractivity contribution is -0.386. The predicted octanol–water partition coefficient (Wildman–Crippen LogP) is 3.19. The Hall–Kier alpha value is -1.62. The number of nitrogens with zero attached hydrogens (tertiary/aromatic N) is 2. The van der Waals surface area contributed by atoms with Crippen LogP contribution in [-0.4, -0.2) is 36.6 Å². The first kappa shape index (κ1) is 15.3. The molecule has 1 saturated heterocycles. The highest BCUT2D eigenvalue weighted by atomic mass is 16.6. The van der Waals surface area contributed by atoms with Gasteiger partial charge in [-0.15, -0.1) is 0 Å². The van der Waals surface area contributed by atoms with Gasteiger partial charge >= 0.3 is 5.69 Å². The van der Waals surface area contributed by atoms with E-state index < -0.39 is 0 Å². The predicted molar refractivity (Wildman–Crippen MR) is 85.5 cm³/mol. The summed E-state index contributed by atoms with van der Waals surface area (Å²) in [5, 5.41) is 11.3. The first-order chi connectivity index (χ1) is 10.6. The highest BCUT2D eigenvalue weighted by molar-refractivity contribution is 5.52. The summed E-state index contributed by atoms with van der Waals surface area (Å²) >= 11 is 0. The van der Waals surface area contributed by atoms with Crippen LogP contribution < -0.4 is 4.74 Å². The number of piperidine rings is 1. The molecule has 5 heteroatoms. The van der Waals surface area contributed by atoms with E-state index in [4.69, 9.17) is 4.74 Å². The van der Waals surface area contributed by atoms with Gasteiger partial charge < -0.3 is 9.64 Å². The zero-order valence-corrected chi connectivity index (χ0v) is 13.2. The first-order valence-corrected chi connectivity index (χ1v) is 8.25. The Balaban J connectivity index is 1.75. The second kappa shape index (κ2) is 6.65. The van der Waals surface area contributed by atoms with E-state index >= 15 is 0 Å². The minimum atomic E-state index is -0.308. The number of benzene rings is 1. The number of fused-ring (bicyclic) bond motifs is 1. The number of nitro groups is 1. The number of likely N-dealkylation sites (tertiary alicyclic amines) is 1. The molecule has 1 atom stereocenters. The van der Waals surface area contributed by atoms with Crippen molar-refractivity contribution in [3.8, 4) is 5.75 Å². The van der Waals surface area contributed by atoms with Crippen molar-refractivity contribution in [2.45, 2.75) is 38.5 Å². The van der Waals surface area contributed by atoms with Gasteiger partial charge in [0.1, 0.15) is 0 Å². The highest BCUT2D eigenvalue weighted by Gasteiger charge is 2.23. The minimum Gasteiger partial charge on any atom is -0.486 e. The summed E-state index contributed by atoms with van der Waals surface area (Å²) in [4.78, 5) is 13.3. The Morgan fingerprint density at radius 1 is 1.27 bits per heavy atom. The van der Waals surface area contributed by atoms with Crippen molar-refractivity contribution < 1.29 is 9.66 Å². The maximum absolute atomic E-state index is 11.3. The van der Waals surface area contributed by atoms with E-state index in [1.54, 1.807) is 6.07 Å². The Morgan fingerprint density at radius 3 is 2.68 bits per heavy atom. The molecule has 0 saturated carbocycles. The number of hydrogen-bond acceptors (Lipinski definition) is 4. The fraction of sp³-hybridized carbons (Fsp3) is 0.647. The van der Waals surface area contributed by atoms with E-state index in [9.17, 15) is 10.1 Å². The van der Waals surface area contributed by atoms with Gasteiger partial charge in [0.2, 0.25) is 0 Å². The maximum Gasteiger partial charge on any atom is 0.311 e. The van der Waals surface area contributed by atoms with Gasteiger partial charge in [-0.05, 0) is 69.3 Å². The van der Waals surface area contributed by atoms with Crippen LogP contribution in [0.4, 0.5) is 5.69 Å². The molecule has 0 N–H and O–H groups in total. The van der Waals surface area contributed by atoms with Crippen LogP contribution >= 0.6 is 0 Å². The van der Waals surface area contributed by atoms with Crippen molar-refractivity contribution in [2.75, 3.05) is 26.7 Å². The van der Waals surface area contributed by atoms with Gasteiger partial charge in [-0.3, -0.25) is 10.1 Å². The van der Waals surface area contributed by atoms with Crippen LogP contribution in [0.2, 0.25) is 0 Å². The fourth-order valence-corrected chi connectivity index (χ4v) is 3.63. The third kappa shape index (κ3) is 3.40. The van der Waals surface area contributed by atoms with Gasteiger partial charge in [0.15, 0.2) is 5.75 Å². The van der Waals surface area contributed by atoms with E-state index in [1.807, 2.05) is 6.07 Å². The highest BCUT2D eigenvalue weighted by Crippen LogP contribution is 2.34. The molecule has 3 rings (SSSR count). The third-order valence-corrected chi connectivity index (χ3v) is 4.82. The minimum absolute atomic E-state index is 0.129. The largest absolute Gasteiger partial charge is 0.486 e. The molecule has 0 radical (unpaired) electrons. The first-order valence-electron chi connectivity index (χ1n) is 8.25. The van der Waals surface area contributed by atoms with Crippen LogP contribution in [0, 0.1) is 16.0 Å². The number of hydrogen-bond donors (Lipinski definition) is 0. The molecule has 1 aliphatic carbocycles. The lowest BCUT2D eigenvalue weighted by Gasteiger charge is -2.29. The zero-order chi connectivity index (χ0) is 15.5. The van der Waals surface area contributed by atoms with Crippen LogP contribution in [0.5, 0.6) is 5.75 Å². The third-order valence-electron chi connectivity index (χ3n) is 4.82. The molecule has 22 heavy (non-hydrogen) atoms. The molecule has 1 aliphatic heterocycles. The van der Waals surface area contributed by atoms with Gasteiger partial charge in [-0.25, -0.2) is 0 Å². The monoisotopic (exact) mass is 304 g/mol. The molecular weight excluding hydrogens is 280 g/mol. The molecule has 1 heterocycles. The second-order valence-corrected chi connectivity index (χ2v) is 6.63. The smallest absolute Gasteiger partial charge is 0.311 e. The zero-order valence-electron chi connectivity index (χ0n) is 13.2. The second-order valence-electron chi connectivity index (χ2n) is 6.63. The van der Waals surface area contributed by atoms with Crippen LogP contribution in [0.3, 0.4) is 0 Å². The molecule has 2 aliphatic rings. The molecule has 0 aromatic heterocycles. The molecule has 1 unspecified atom stereocenters. The Morgan fingerprint density at radius 2 is 2.00 bits per heavy atom. The van der Waals surface area contributed by atoms with Crippen molar-refractivity contribution >= 4 is 5.69 Å². The van der Waals surface area contributed by atoms with Crippen LogP contribution in [0.15, 0.2) is 12.1 Å². The molecule has 1 aromatic rings. The summed E-state index contributed by atoms with van der Waals surface area (Å²) in [5.41, 5.74) is 2.49. The number of aryl methyl sites for hydroxylation is 2. The molecule has 1 aromatic carbocycles. The normalized spacial score (nSPS) is 22.1. The van der Waals surface area contributed by atoms with E-state index in [0.29, 0.717) is 18.3 Å². The fourth-order valence-electron chi connectivity index (χ4n) is 3.63. The topological polar surface area (TPSA) is 55.6 Å². The van der Waals surface area contributed by atoms with Crippen molar-refractivity contribution in [3.05, 3.63) is 33.4 Å². The summed E-state index contributed by atoms with van der Waals surface area (Å²) < 4.78 is 5.88. The van der Waals surface area contributed by atoms with Crippen molar-refractivity contribution in [1.82, 2.24) is 4.90 Å². The lowest BCUT2D eigenvalue weighted by Crippen LogP contribution is -2.34. The Kier molecular flexibility index (Phi) is 4.62. The summed E-state index contributed by atoms with van der Waals surface area (Å²) in [5.74, 6) is 0.924. The quantitative estimate of drug-likeness (QED) is 0.633. The van der Waals surface area contributed by atoms with Crippen LogP contribution in [0.25, 0.3) is 0 Å². The van der Waals surface area contributed by atoms with Crippen molar-refractivity contribution in [1.29, 1.82) is 0 Å². The van der Waals surface area contributed by atoms with Crippen LogP contribution in [-0.2, 0) is 12.8 Å². The average Bonchev–Trinajstić information content (AvgIpc) is 2.52.